The number of benzene rings is 2. The second-order valence-electron chi connectivity index (χ2n) is 6.31. The number of phenols is 1. The minimum absolute atomic E-state index is 0.0180. The van der Waals surface area contributed by atoms with Gasteiger partial charge in [0.25, 0.3) is 10.0 Å². The number of pyridine rings is 1. The van der Waals surface area contributed by atoms with Gasteiger partial charge in [-0.25, -0.2) is 13.2 Å². The number of carboxylic acids is 1. The quantitative estimate of drug-likeness (QED) is 0.393. The van der Waals surface area contributed by atoms with Gasteiger partial charge in [0.2, 0.25) is 0 Å². The maximum Gasteiger partial charge on any atom is 0.339 e. The van der Waals surface area contributed by atoms with Crippen molar-refractivity contribution in [1.82, 2.24) is 4.98 Å². The Hall–Kier alpha value is -3.14. The summed E-state index contributed by atoms with van der Waals surface area (Å²) in [5.41, 5.74) is 1.83. The molecule has 7 nitrogen and oxygen atoms in total. The van der Waals surface area contributed by atoms with Crippen molar-refractivity contribution in [3.05, 3.63) is 70.7 Å². The molecule has 10 heteroatoms. The molecule has 0 bridgehead atoms. The van der Waals surface area contributed by atoms with Gasteiger partial charge in [-0.2, -0.15) is 0 Å². The van der Waals surface area contributed by atoms with E-state index in [1.165, 1.54) is 12.1 Å². The number of nitrogens with one attached hydrogen (secondary N) is 1. The van der Waals surface area contributed by atoms with E-state index in [0.717, 1.165) is 39.9 Å². The van der Waals surface area contributed by atoms with Gasteiger partial charge in [-0.1, -0.05) is 23.7 Å². The van der Waals surface area contributed by atoms with Crippen LogP contribution in [0.2, 0.25) is 4.34 Å². The fourth-order valence-electron chi connectivity index (χ4n) is 2.90. The molecule has 0 aliphatic carbocycles. The minimum atomic E-state index is -4.00. The number of halogens is 1. The van der Waals surface area contributed by atoms with E-state index in [0.29, 0.717) is 9.90 Å². The summed E-state index contributed by atoms with van der Waals surface area (Å²) in [4.78, 5) is 15.2. The zero-order valence-corrected chi connectivity index (χ0v) is 17.4. The molecule has 0 radical (unpaired) electrons. The molecular formula is C20H13ClN2O5S2. The fraction of sp³-hybridized carbons (Fsp3) is 0. The van der Waals surface area contributed by atoms with Crippen molar-refractivity contribution in [2.45, 2.75) is 4.21 Å². The Morgan fingerprint density at radius 2 is 1.90 bits per heavy atom. The molecule has 2 heterocycles. The van der Waals surface area contributed by atoms with Crippen molar-refractivity contribution < 1.29 is 23.4 Å². The number of fused-ring (bicyclic) bond motifs is 1. The van der Waals surface area contributed by atoms with Crippen molar-refractivity contribution in [3.63, 3.8) is 0 Å². The second-order valence-corrected chi connectivity index (χ2v) is 9.87. The van der Waals surface area contributed by atoms with E-state index < -0.39 is 21.7 Å². The van der Waals surface area contributed by atoms with Crippen molar-refractivity contribution >= 4 is 55.5 Å². The predicted octanol–water partition coefficient (Wildman–Crippen LogP) is 4.82. The van der Waals surface area contributed by atoms with Crippen LogP contribution < -0.4 is 4.72 Å². The second kappa shape index (κ2) is 7.60. The third-order valence-electron chi connectivity index (χ3n) is 4.32. The Bertz CT molecular complexity index is 1400. The number of sulfonamides is 1. The van der Waals surface area contributed by atoms with Crippen LogP contribution in [0.15, 0.2) is 65.0 Å². The predicted molar refractivity (Wildman–Crippen MR) is 116 cm³/mol. The SMILES string of the molecule is O=C(O)c1ccc(NS(=O)(=O)c2cc(-c3ccc4ncccc4c3)c(Cl)s2)cc1O. The molecule has 0 amide bonds. The van der Waals surface area contributed by atoms with E-state index in [1.54, 1.807) is 6.20 Å². The van der Waals surface area contributed by atoms with Gasteiger partial charge in [-0.05, 0) is 42.0 Å². The average molecular weight is 461 g/mol. The molecule has 0 aliphatic rings. The van der Waals surface area contributed by atoms with Gasteiger partial charge >= 0.3 is 5.97 Å². The topological polar surface area (TPSA) is 117 Å². The first-order valence-corrected chi connectivity index (χ1v) is 11.2. The molecule has 0 atom stereocenters. The summed E-state index contributed by atoms with van der Waals surface area (Å²) in [5, 5.41) is 19.6. The van der Waals surface area contributed by atoms with Crippen molar-refractivity contribution in [1.29, 1.82) is 0 Å². The molecule has 4 aromatic rings. The highest BCUT2D eigenvalue weighted by atomic mass is 35.5. The zero-order chi connectivity index (χ0) is 21.5. The van der Waals surface area contributed by atoms with Gasteiger partial charge in [-0.15, -0.1) is 11.3 Å². The molecule has 0 saturated carbocycles. The number of rotatable bonds is 5. The number of aromatic nitrogens is 1. The molecule has 3 N–H and O–H groups in total. The van der Waals surface area contributed by atoms with Crippen molar-refractivity contribution in [2.24, 2.45) is 0 Å². The molecule has 2 aromatic heterocycles. The standard InChI is InChI=1S/C20H13ClN2O5S2/c21-19-15(11-3-6-16-12(8-11)2-1-7-22-16)10-18(29-19)30(27,28)23-13-4-5-14(20(25)26)17(24)9-13/h1-10,23-24H,(H,25,26). The van der Waals surface area contributed by atoms with E-state index in [2.05, 4.69) is 9.71 Å². The van der Waals surface area contributed by atoms with Crippen LogP contribution in [-0.4, -0.2) is 29.6 Å². The van der Waals surface area contributed by atoms with Gasteiger partial charge < -0.3 is 10.2 Å². The van der Waals surface area contributed by atoms with Crippen LogP contribution in [-0.2, 0) is 10.0 Å². The molecule has 152 valence electrons. The lowest BCUT2D eigenvalue weighted by Gasteiger charge is -2.07. The molecule has 4 rings (SSSR count). The summed E-state index contributed by atoms with van der Waals surface area (Å²) in [6.45, 7) is 0. The number of thiophene rings is 1. The maximum absolute atomic E-state index is 12.8. The van der Waals surface area contributed by atoms with Crippen LogP contribution in [0.1, 0.15) is 10.4 Å². The molecule has 0 fully saturated rings. The molecule has 30 heavy (non-hydrogen) atoms. The molecule has 0 aliphatic heterocycles. The Kier molecular flexibility index (Phi) is 5.10. The number of anilines is 1. The van der Waals surface area contributed by atoms with E-state index in [-0.39, 0.29) is 15.5 Å². The molecule has 2 aromatic carbocycles. The summed E-state index contributed by atoms with van der Waals surface area (Å²) in [6, 6.07) is 14.1. The third kappa shape index (κ3) is 3.82. The van der Waals surface area contributed by atoms with Crippen LogP contribution >= 0.6 is 22.9 Å². The average Bonchev–Trinajstić information content (AvgIpc) is 3.10. The summed E-state index contributed by atoms with van der Waals surface area (Å²) in [6.07, 6.45) is 1.69. The van der Waals surface area contributed by atoms with E-state index >= 15 is 0 Å². The summed E-state index contributed by atoms with van der Waals surface area (Å²) in [5.74, 6) is -1.86. The smallest absolute Gasteiger partial charge is 0.339 e. The van der Waals surface area contributed by atoms with E-state index in [9.17, 15) is 18.3 Å². The Morgan fingerprint density at radius 1 is 1.10 bits per heavy atom. The normalized spacial score (nSPS) is 11.5. The summed E-state index contributed by atoms with van der Waals surface area (Å²) >= 11 is 7.22. The molecule has 0 saturated heterocycles. The molecule has 0 unspecified atom stereocenters. The van der Waals surface area contributed by atoms with Gasteiger partial charge in [0, 0.05) is 23.2 Å². The fourth-order valence-corrected chi connectivity index (χ4v) is 5.72. The van der Waals surface area contributed by atoms with Gasteiger partial charge in [0.1, 0.15) is 19.9 Å². The van der Waals surface area contributed by atoms with Gasteiger partial charge in [-0.3, -0.25) is 9.71 Å². The highest BCUT2D eigenvalue weighted by molar-refractivity contribution is 7.94. The Balaban J connectivity index is 1.67. The maximum atomic E-state index is 12.8. The Labute approximate surface area is 180 Å². The molecular weight excluding hydrogens is 448 g/mol. The number of hydrogen-bond donors (Lipinski definition) is 3. The van der Waals surface area contributed by atoms with Crippen LogP contribution in [0, 0.1) is 0 Å². The van der Waals surface area contributed by atoms with Crippen LogP contribution in [0.4, 0.5) is 5.69 Å². The van der Waals surface area contributed by atoms with Crippen molar-refractivity contribution in [2.75, 3.05) is 4.72 Å². The number of hydrogen-bond acceptors (Lipinski definition) is 6. The lowest BCUT2D eigenvalue weighted by Crippen LogP contribution is -2.11. The lowest BCUT2D eigenvalue weighted by molar-refractivity contribution is 0.0694. The number of carboxylic acid groups (broad SMARTS) is 1. The van der Waals surface area contributed by atoms with Crippen LogP contribution in [0.25, 0.3) is 22.0 Å². The third-order valence-corrected chi connectivity index (χ3v) is 7.54. The first-order chi connectivity index (χ1) is 14.2. The largest absolute Gasteiger partial charge is 0.507 e. The van der Waals surface area contributed by atoms with Gasteiger partial charge in [0.15, 0.2) is 0 Å². The monoisotopic (exact) mass is 460 g/mol. The van der Waals surface area contributed by atoms with Crippen LogP contribution in [0.5, 0.6) is 5.75 Å². The number of aromatic carboxylic acids is 1. The number of aromatic hydroxyl groups is 1. The minimum Gasteiger partial charge on any atom is -0.507 e. The van der Waals surface area contributed by atoms with Crippen LogP contribution in [0.3, 0.4) is 0 Å². The van der Waals surface area contributed by atoms with Crippen molar-refractivity contribution in [3.8, 4) is 16.9 Å². The first kappa shape index (κ1) is 20.1. The number of nitrogens with zero attached hydrogens (tertiary/aromatic N) is 1. The molecule has 0 spiro atoms. The van der Waals surface area contributed by atoms with E-state index in [4.69, 9.17) is 16.7 Å². The number of carbonyl (C=O) groups is 1. The van der Waals surface area contributed by atoms with Gasteiger partial charge in [0.05, 0.1) is 11.2 Å². The highest BCUT2D eigenvalue weighted by Crippen LogP contribution is 2.39. The first-order valence-electron chi connectivity index (χ1n) is 8.48. The highest BCUT2D eigenvalue weighted by Gasteiger charge is 2.22. The Morgan fingerprint density at radius 3 is 2.63 bits per heavy atom. The summed E-state index contributed by atoms with van der Waals surface area (Å²) < 4.78 is 28.2. The van der Waals surface area contributed by atoms with E-state index in [1.807, 2.05) is 30.3 Å². The summed E-state index contributed by atoms with van der Waals surface area (Å²) in [7, 11) is -4.00. The zero-order valence-electron chi connectivity index (χ0n) is 15.0. The lowest BCUT2D eigenvalue weighted by atomic mass is 10.1.